The fraction of sp³-hybridized carbons (Fsp3) is 0.826. The van der Waals surface area contributed by atoms with Crippen LogP contribution in [-0.4, -0.2) is 23.1 Å². The minimum atomic E-state index is -0.780. The molecule has 4 nitrogen and oxygen atoms in total. The number of ether oxygens (including phenoxy) is 2. The lowest BCUT2D eigenvalue weighted by Gasteiger charge is -2.34. The van der Waals surface area contributed by atoms with E-state index in [0.717, 1.165) is 49.9 Å². The van der Waals surface area contributed by atoms with Gasteiger partial charge in [0.1, 0.15) is 11.2 Å². The third-order valence-corrected chi connectivity index (χ3v) is 6.87. The van der Waals surface area contributed by atoms with Crippen LogP contribution in [0.3, 0.4) is 0 Å². The molecule has 4 heteroatoms. The normalized spacial score (nSPS) is 26.0. The Hall–Kier alpha value is -1.32. The zero-order chi connectivity index (χ0) is 20.1. The molecule has 0 amide bonds. The number of hydrogen-bond donors (Lipinski definition) is 0. The highest BCUT2D eigenvalue weighted by Gasteiger charge is 2.38. The minimum absolute atomic E-state index is 0.130. The molecule has 0 aliphatic heterocycles. The van der Waals surface area contributed by atoms with Crippen molar-refractivity contribution in [2.45, 2.75) is 104 Å². The lowest BCUT2D eigenvalue weighted by molar-refractivity contribution is -0.173. The molecule has 1 saturated carbocycles. The largest absolute Gasteiger partial charge is 0.459 e. The second kappa shape index (κ2) is 9.25. The fourth-order valence-electron chi connectivity index (χ4n) is 5.04. The topological polar surface area (TPSA) is 52.6 Å². The fourth-order valence-corrected chi connectivity index (χ4v) is 5.04. The molecular formula is C23H38O4. The number of hydrogen-bond acceptors (Lipinski definition) is 4. The van der Waals surface area contributed by atoms with Gasteiger partial charge >= 0.3 is 11.9 Å². The van der Waals surface area contributed by atoms with Gasteiger partial charge in [-0.15, -0.1) is 0 Å². The summed E-state index contributed by atoms with van der Waals surface area (Å²) in [5.41, 5.74) is -1.18. The average molecular weight is 379 g/mol. The van der Waals surface area contributed by atoms with Gasteiger partial charge in [0.2, 0.25) is 0 Å². The zero-order valence-electron chi connectivity index (χ0n) is 17.9. The van der Waals surface area contributed by atoms with Gasteiger partial charge in [0.05, 0.1) is 6.42 Å². The van der Waals surface area contributed by atoms with Crippen molar-refractivity contribution in [1.82, 2.24) is 0 Å². The van der Waals surface area contributed by atoms with Crippen LogP contribution >= 0.6 is 0 Å². The highest BCUT2D eigenvalue weighted by atomic mass is 16.6. The van der Waals surface area contributed by atoms with Crippen molar-refractivity contribution in [2.75, 3.05) is 0 Å². The minimum Gasteiger partial charge on any atom is -0.459 e. The van der Waals surface area contributed by atoms with E-state index in [1.165, 1.54) is 19.8 Å². The maximum atomic E-state index is 12.6. The Morgan fingerprint density at radius 1 is 1.04 bits per heavy atom. The molecule has 0 aromatic rings. The zero-order valence-corrected chi connectivity index (χ0v) is 17.9. The van der Waals surface area contributed by atoms with E-state index in [0.29, 0.717) is 6.42 Å². The Kier molecular flexibility index (Phi) is 7.53. The van der Waals surface area contributed by atoms with E-state index < -0.39 is 11.2 Å². The predicted molar refractivity (Wildman–Crippen MR) is 107 cm³/mol. The molecule has 2 aliphatic rings. The number of allylic oxidation sites excluding steroid dienone is 2. The van der Waals surface area contributed by atoms with Crippen molar-refractivity contribution in [3.05, 3.63) is 12.2 Å². The van der Waals surface area contributed by atoms with Crippen LogP contribution in [0.1, 0.15) is 92.4 Å². The predicted octanol–water partition coefficient (Wildman–Crippen LogP) is 5.59. The first-order valence-corrected chi connectivity index (χ1v) is 10.8. The number of esters is 2. The van der Waals surface area contributed by atoms with Crippen molar-refractivity contribution in [2.24, 2.45) is 17.8 Å². The molecule has 0 aromatic heterocycles. The van der Waals surface area contributed by atoms with E-state index in [1.54, 1.807) is 0 Å². The third-order valence-electron chi connectivity index (χ3n) is 6.87. The second-order valence-corrected chi connectivity index (χ2v) is 8.87. The molecule has 0 radical (unpaired) electrons. The number of carbonyl (C=O) groups excluding carboxylic acids is 2. The first kappa shape index (κ1) is 22.0. The number of fused-ring (bicyclic) bond motifs is 2. The summed E-state index contributed by atoms with van der Waals surface area (Å²) in [5.74, 6) is 1.67. The van der Waals surface area contributed by atoms with Crippen molar-refractivity contribution < 1.29 is 19.1 Å². The molecule has 2 bridgehead atoms. The van der Waals surface area contributed by atoms with Crippen LogP contribution in [0.5, 0.6) is 0 Å². The van der Waals surface area contributed by atoms with Gasteiger partial charge in [0.25, 0.3) is 0 Å². The molecular weight excluding hydrogens is 340 g/mol. The Morgan fingerprint density at radius 2 is 1.70 bits per heavy atom. The molecule has 1 fully saturated rings. The van der Waals surface area contributed by atoms with Gasteiger partial charge in [-0.05, 0) is 76.0 Å². The van der Waals surface area contributed by atoms with Crippen LogP contribution in [0, 0.1) is 17.8 Å². The Morgan fingerprint density at radius 3 is 2.19 bits per heavy atom. The summed E-state index contributed by atoms with van der Waals surface area (Å²) in [7, 11) is 0. The standard InChI is InChI=1S/C23H38O4/c1-6-23(7-2,8-3)27-21(25)16-22(5,26-17(4)24)13-9-10-19-14-18-11-12-20(19)15-18/h11-12,18-20H,6-10,13-16H2,1-5H3. The maximum Gasteiger partial charge on any atom is 0.310 e. The molecule has 4 atom stereocenters. The molecule has 0 spiro atoms. The smallest absolute Gasteiger partial charge is 0.310 e. The maximum absolute atomic E-state index is 12.6. The van der Waals surface area contributed by atoms with Gasteiger partial charge in [-0.25, -0.2) is 0 Å². The SMILES string of the molecule is CCC(CC)(CC)OC(=O)CC(C)(CCCC1CC2C=CC1C2)OC(C)=O. The molecule has 4 unspecified atom stereocenters. The number of carbonyl (C=O) groups is 2. The van der Waals surface area contributed by atoms with E-state index in [1.807, 2.05) is 6.92 Å². The lowest BCUT2D eigenvalue weighted by atomic mass is 9.86. The van der Waals surface area contributed by atoms with Crippen molar-refractivity contribution in [3.8, 4) is 0 Å². The summed E-state index contributed by atoms with van der Waals surface area (Å²) in [6.45, 7) is 9.44. The Labute approximate surface area is 165 Å². The molecule has 0 heterocycles. The Bertz CT molecular complexity index is 540. The molecule has 0 N–H and O–H groups in total. The average Bonchev–Trinajstić information content (AvgIpc) is 3.22. The van der Waals surface area contributed by atoms with Gasteiger partial charge in [0.15, 0.2) is 0 Å². The van der Waals surface area contributed by atoms with Crippen LogP contribution in [0.2, 0.25) is 0 Å². The quantitative estimate of drug-likeness (QED) is 0.347. The third kappa shape index (κ3) is 5.83. The first-order valence-electron chi connectivity index (χ1n) is 10.8. The summed E-state index contributed by atoms with van der Waals surface area (Å²) >= 11 is 0. The second-order valence-electron chi connectivity index (χ2n) is 8.87. The summed E-state index contributed by atoms with van der Waals surface area (Å²) in [5, 5.41) is 0. The van der Waals surface area contributed by atoms with Gasteiger partial charge in [-0.2, -0.15) is 0 Å². The van der Waals surface area contributed by atoms with Gasteiger partial charge in [-0.3, -0.25) is 9.59 Å². The summed E-state index contributed by atoms with van der Waals surface area (Å²) in [4.78, 5) is 24.3. The van der Waals surface area contributed by atoms with E-state index in [-0.39, 0.29) is 18.4 Å². The lowest BCUT2D eigenvalue weighted by Crippen LogP contribution is -2.39. The van der Waals surface area contributed by atoms with Gasteiger partial charge in [-0.1, -0.05) is 32.9 Å². The molecule has 2 aliphatic carbocycles. The monoisotopic (exact) mass is 378 g/mol. The highest BCUT2D eigenvalue weighted by Crippen LogP contribution is 2.45. The van der Waals surface area contributed by atoms with Crippen LogP contribution in [0.25, 0.3) is 0 Å². The van der Waals surface area contributed by atoms with E-state index in [4.69, 9.17) is 9.47 Å². The van der Waals surface area contributed by atoms with Crippen molar-refractivity contribution in [1.29, 1.82) is 0 Å². The molecule has 2 rings (SSSR count). The van der Waals surface area contributed by atoms with E-state index >= 15 is 0 Å². The van der Waals surface area contributed by atoms with E-state index in [2.05, 4.69) is 32.9 Å². The van der Waals surface area contributed by atoms with Crippen molar-refractivity contribution >= 4 is 11.9 Å². The first-order chi connectivity index (χ1) is 12.7. The molecule has 154 valence electrons. The molecule has 27 heavy (non-hydrogen) atoms. The van der Waals surface area contributed by atoms with Crippen LogP contribution in [-0.2, 0) is 19.1 Å². The highest BCUT2D eigenvalue weighted by molar-refractivity contribution is 5.72. The summed E-state index contributed by atoms with van der Waals surface area (Å²) in [6, 6.07) is 0. The molecule has 0 aromatic carbocycles. The van der Waals surface area contributed by atoms with Crippen LogP contribution in [0.4, 0.5) is 0 Å². The number of rotatable bonds is 11. The van der Waals surface area contributed by atoms with Crippen LogP contribution < -0.4 is 0 Å². The molecule has 0 saturated heterocycles. The van der Waals surface area contributed by atoms with Crippen molar-refractivity contribution in [3.63, 3.8) is 0 Å². The Balaban J connectivity index is 1.90. The summed E-state index contributed by atoms with van der Waals surface area (Å²) < 4.78 is 11.4. The van der Waals surface area contributed by atoms with Crippen LogP contribution in [0.15, 0.2) is 12.2 Å². The summed E-state index contributed by atoms with van der Waals surface area (Å²) in [6.07, 6.45) is 12.7. The van der Waals surface area contributed by atoms with E-state index in [9.17, 15) is 9.59 Å². The van der Waals surface area contributed by atoms with Gasteiger partial charge < -0.3 is 9.47 Å². The van der Waals surface area contributed by atoms with Gasteiger partial charge in [0, 0.05) is 6.92 Å².